The van der Waals surface area contributed by atoms with Crippen molar-refractivity contribution in [2.45, 2.75) is 32.7 Å². The van der Waals surface area contributed by atoms with Crippen molar-refractivity contribution in [1.29, 1.82) is 0 Å². The lowest BCUT2D eigenvalue weighted by Gasteiger charge is -2.34. The smallest absolute Gasteiger partial charge is 0.270 e. The van der Waals surface area contributed by atoms with E-state index in [-0.39, 0.29) is 30.0 Å². The summed E-state index contributed by atoms with van der Waals surface area (Å²) in [5.74, 6) is 0.148. The van der Waals surface area contributed by atoms with E-state index in [1.807, 2.05) is 6.92 Å². The Morgan fingerprint density at radius 1 is 1.45 bits per heavy atom. The molecule has 2 rings (SSSR count). The third kappa shape index (κ3) is 4.18. The van der Waals surface area contributed by atoms with Crippen LogP contribution in [-0.4, -0.2) is 34.9 Å². The number of carbonyl (C=O) groups is 1. The van der Waals surface area contributed by atoms with Gasteiger partial charge < -0.3 is 10.6 Å². The number of non-ortho nitro benzene ring substituents is 1. The molecule has 1 amide bonds. The van der Waals surface area contributed by atoms with Crippen LogP contribution in [0, 0.1) is 23.0 Å². The van der Waals surface area contributed by atoms with Gasteiger partial charge in [-0.2, -0.15) is 0 Å². The molecule has 1 aliphatic heterocycles. The highest BCUT2D eigenvalue weighted by Crippen LogP contribution is 2.23. The number of piperidine rings is 1. The lowest BCUT2D eigenvalue weighted by Crippen LogP contribution is -2.45. The predicted molar refractivity (Wildman–Crippen MR) is 87.4 cm³/mol. The standard InChI is InChI=1S/C15H21N3O3.ClH/c1-10-6-13(8-14(7-10)18(20)21)15(19)17-5-3-4-12(9-17)11(2)16;/h6-8,11-12H,3-5,9,16H2,1-2H3;1H. The van der Waals surface area contributed by atoms with Crippen molar-refractivity contribution in [3.63, 3.8) is 0 Å². The van der Waals surface area contributed by atoms with Crippen LogP contribution < -0.4 is 5.73 Å². The molecular formula is C15H22ClN3O3. The molecule has 0 aromatic heterocycles. The van der Waals surface area contributed by atoms with Crippen molar-refractivity contribution >= 4 is 24.0 Å². The first-order chi connectivity index (χ1) is 9.88. The third-order valence-electron chi connectivity index (χ3n) is 4.01. The van der Waals surface area contributed by atoms with Gasteiger partial charge in [0.25, 0.3) is 11.6 Å². The molecule has 1 saturated heterocycles. The lowest BCUT2D eigenvalue weighted by atomic mass is 9.92. The fourth-order valence-corrected chi connectivity index (χ4v) is 2.80. The Morgan fingerprint density at radius 2 is 2.14 bits per heavy atom. The fraction of sp³-hybridized carbons (Fsp3) is 0.533. The Labute approximate surface area is 136 Å². The molecule has 0 spiro atoms. The van der Waals surface area contributed by atoms with E-state index in [4.69, 9.17) is 5.73 Å². The van der Waals surface area contributed by atoms with Gasteiger partial charge in [-0.15, -0.1) is 12.4 Å². The largest absolute Gasteiger partial charge is 0.338 e. The van der Waals surface area contributed by atoms with Crippen molar-refractivity contribution < 1.29 is 9.72 Å². The van der Waals surface area contributed by atoms with E-state index in [9.17, 15) is 14.9 Å². The van der Waals surface area contributed by atoms with Crippen LogP contribution in [0.2, 0.25) is 0 Å². The van der Waals surface area contributed by atoms with Gasteiger partial charge in [0.15, 0.2) is 0 Å². The first-order valence-electron chi connectivity index (χ1n) is 7.19. The van der Waals surface area contributed by atoms with Crippen LogP contribution in [0.3, 0.4) is 0 Å². The highest BCUT2D eigenvalue weighted by atomic mass is 35.5. The SMILES string of the molecule is Cc1cc(C(=O)N2CCCC(C(C)N)C2)cc([N+](=O)[O-])c1.Cl. The number of benzene rings is 1. The number of hydrogen-bond acceptors (Lipinski definition) is 4. The minimum absolute atomic E-state index is 0. The van der Waals surface area contributed by atoms with E-state index in [2.05, 4.69) is 0 Å². The molecule has 0 bridgehead atoms. The molecule has 122 valence electrons. The van der Waals surface area contributed by atoms with Crippen LogP contribution in [-0.2, 0) is 0 Å². The van der Waals surface area contributed by atoms with Crippen molar-refractivity contribution in [3.8, 4) is 0 Å². The first-order valence-corrected chi connectivity index (χ1v) is 7.19. The van der Waals surface area contributed by atoms with E-state index in [0.717, 1.165) is 12.8 Å². The molecule has 1 aromatic rings. The molecule has 1 aromatic carbocycles. The third-order valence-corrected chi connectivity index (χ3v) is 4.01. The summed E-state index contributed by atoms with van der Waals surface area (Å²) in [6.07, 6.45) is 1.95. The second kappa shape index (κ2) is 7.56. The fourth-order valence-electron chi connectivity index (χ4n) is 2.80. The van der Waals surface area contributed by atoms with E-state index in [0.29, 0.717) is 30.1 Å². The molecule has 6 nitrogen and oxygen atoms in total. The zero-order chi connectivity index (χ0) is 15.6. The second-order valence-corrected chi connectivity index (χ2v) is 5.83. The number of nitro groups is 1. The van der Waals surface area contributed by atoms with Gasteiger partial charge in [0.2, 0.25) is 0 Å². The van der Waals surface area contributed by atoms with E-state index < -0.39 is 4.92 Å². The normalized spacial score (nSPS) is 19.2. The van der Waals surface area contributed by atoms with Crippen LogP contribution in [0.1, 0.15) is 35.7 Å². The highest BCUT2D eigenvalue weighted by molar-refractivity contribution is 5.95. The topological polar surface area (TPSA) is 89.5 Å². The number of hydrogen-bond donors (Lipinski definition) is 1. The molecule has 0 radical (unpaired) electrons. The van der Waals surface area contributed by atoms with E-state index in [1.165, 1.54) is 12.1 Å². The Kier molecular flexibility index (Phi) is 6.32. The van der Waals surface area contributed by atoms with E-state index in [1.54, 1.807) is 17.9 Å². The summed E-state index contributed by atoms with van der Waals surface area (Å²) in [5, 5.41) is 10.9. The summed E-state index contributed by atoms with van der Waals surface area (Å²) in [6.45, 7) is 5.02. The van der Waals surface area contributed by atoms with Gasteiger partial charge in [0.05, 0.1) is 4.92 Å². The molecule has 2 atom stereocenters. The summed E-state index contributed by atoms with van der Waals surface area (Å²) in [7, 11) is 0. The summed E-state index contributed by atoms with van der Waals surface area (Å²) < 4.78 is 0. The number of nitrogens with two attached hydrogens (primary N) is 1. The molecule has 1 aliphatic rings. The van der Waals surface area contributed by atoms with Gasteiger partial charge in [-0.05, 0) is 44.2 Å². The first kappa shape index (κ1) is 18.4. The summed E-state index contributed by atoms with van der Waals surface area (Å²) >= 11 is 0. The summed E-state index contributed by atoms with van der Waals surface area (Å²) in [5.41, 5.74) is 6.98. The molecule has 1 fully saturated rings. The Morgan fingerprint density at radius 3 is 2.73 bits per heavy atom. The molecule has 7 heteroatoms. The lowest BCUT2D eigenvalue weighted by molar-refractivity contribution is -0.384. The van der Waals surface area contributed by atoms with Crippen LogP contribution in [0.4, 0.5) is 5.69 Å². The maximum absolute atomic E-state index is 12.6. The molecule has 0 saturated carbocycles. The number of nitro benzene ring substituents is 1. The van der Waals surface area contributed by atoms with Gasteiger partial charge in [-0.1, -0.05) is 0 Å². The Hall–Kier alpha value is -1.66. The predicted octanol–water partition coefficient (Wildman–Crippen LogP) is 2.52. The van der Waals surface area contributed by atoms with Gasteiger partial charge in [-0.3, -0.25) is 14.9 Å². The maximum Gasteiger partial charge on any atom is 0.270 e. The van der Waals surface area contributed by atoms with Gasteiger partial charge in [0, 0.05) is 36.8 Å². The zero-order valence-electron chi connectivity index (χ0n) is 12.8. The van der Waals surface area contributed by atoms with Crippen LogP contribution >= 0.6 is 12.4 Å². The molecule has 0 aliphatic carbocycles. The van der Waals surface area contributed by atoms with Gasteiger partial charge >= 0.3 is 0 Å². The van der Waals surface area contributed by atoms with Crippen molar-refractivity contribution in [1.82, 2.24) is 4.90 Å². The molecule has 22 heavy (non-hydrogen) atoms. The second-order valence-electron chi connectivity index (χ2n) is 5.83. The average molecular weight is 328 g/mol. The number of rotatable bonds is 3. The maximum atomic E-state index is 12.6. The number of likely N-dealkylation sites (tertiary alicyclic amines) is 1. The summed E-state index contributed by atoms with van der Waals surface area (Å²) in [6, 6.07) is 4.57. The van der Waals surface area contributed by atoms with Crippen molar-refractivity contribution in [3.05, 3.63) is 39.4 Å². The zero-order valence-corrected chi connectivity index (χ0v) is 13.6. The minimum Gasteiger partial charge on any atom is -0.338 e. The number of halogens is 1. The monoisotopic (exact) mass is 327 g/mol. The quantitative estimate of drug-likeness (QED) is 0.682. The Bertz CT molecular complexity index is 563. The molecule has 1 heterocycles. The number of carbonyl (C=O) groups excluding carboxylic acids is 1. The van der Waals surface area contributed by atoms with Crippen molar-refractivity contribution in [2.75, 3.05) is 13.1 Å². The van der Waals surface area contributed by atoms with Gasteiger partial charge in [0.1, 0.15) is 0 Å². The molecule has 2 N–H and O–H groups in total. The average Bonchev–Trinajstić information content (AvgIpc) is 2.45. The van der Waals surface area contributed by atoms with Crippen molar-refractivity contribution in [2.24, 2.45) is 11.7 Å². The van der Waals surface area contributed by atoms with Crippen LogP contribution in [0.15, 0.2) is 18.2 Å². The highest BCUT2D eigenvalue weighted by Gasteiger charge is 2.27. The Balaban J connectivity index is 0.00000242. The van der Waals surface area contributed by atoms with Crippen LogP contribution in [0.5, 0.6) is 0 Å². The minimum atomic E-state index is -0.468. The number of amides is 1. The number of nitrogens with zero attached hydrogens (tertiary/aromatic N) is 2. The molecular weight excluding hydrogens is 306 g/mol. The van der Waals surface area contributed by atoms with Gasteiger partial charge in [-0.25, -0.2) is 0 Å². The summed E-state index contributed by atoms with van der Waals surface area (Å²) in [4.78, 5) is 24.8. The van der Waals surface area contributed by atoms with Crippen LogP contribution in [0.25, 0.3) is 0 Å². The molecule has 2 unspecified atom stereocenters. The van der Waals surface area contributed by atoms with E-state index >= 15 is 0 Å². The number of aryl methyl sites for hydroxylation is 1.